The van der Waals surface area contributed by atoms with Crippen LogP contribution in [0, 0.1) is 29.6 Å². The second-order valence-corrected chi connectivity index (χ2v) is 7.28. The second kappa shape index (κ2) is 9.79. The lowest BCUT2D eigenvalue weighted by molar-refractivity contribution is -0.137. The highest BCUT2D eigenvalue weighted by Gasteiger charge is 2.44. The van der Waals surface area contributed by atoms with Crippen LogP contribution in [-0.2, 0) is 4.79 Å². The maximum atomic E-state index is 10.6. The van der Waals surface area contributed by atoms with E-state index in [4.69, 9.17) is 5.11 Å². The molecule has 3 N–H and O–H groups in total. The molecule has 2 aliphatic rings. The molecule has 25 heavy (non-hydrogen) atoms. The fourth-order valence-electron chi connectivity index (χ4n) is 4.20. The van der Waals surface area contributed by atoms with Gasteiger partial charge in [0.15, 0.2) is 0 Å². The van der Waals surface area contributed by atoms with Gasteiger partial charge in [-0.2, -0.15) is 0 Å². The summed E-state index contributed by atoms with van der Waals surface area (Å²) in [4.78, 5) is 10.6. The normalized spacial score (nSPS) is 31.1. The number of carboxylic acid groups (broad SMARTS) is 1. The topological polar surface area (TPSA) is 77.8 Å². The van der Waals surface area contributed by atoms with E-state index in [0.29, 0.717) is 31.1 Å². The minimum Gasteiger partial charge on any atom is -0.481 e. The van der Waals surface area contributed by atoms with Crippen molar-refractivity contribution in [2.75, 3.05) is 0 Å². The van der Waals surface area contributed by atoms with Crippen LogP contribution in [0.2, 0.25) is 0 Å². The average molecular weight is 346 g/mol. The third kappa shape index (κ3) is 6.02. The third-order valence-corrected chi connectivity index (χ3v) is 5.44. The van der Waals surface area contributed by atoms with Gasteiger partial charge in [0, 0.05) is 18.8 Å². The first kappa shape index (κ1) is 19.8. The van der Waals surface area contributed by atoms with Crippen LogP contribution >= 0.6 is 0 Å². The third-order valence-electron chi connectivity index (χ3n) is 5.44. The van der Waals surface area contributed by atoms with E-state index in [1.54, 1.807) is 6.92 Å². The van der Waals surface area contributed by atoms with E-state index in [-0.39, 0.29) is 18.4 Å². The van der Waals surface area contributed by atoms with E-state index < -0.39 is 12.1 Å². The van der Waals surface area contributed by atoms with Crippen molar-refractivity contribution < 1.29 is 20.1 Å². The van der Waals surface area contributed by atoms with Crippen molar-refractivity contribution in [1.82, 2.24) is 0 Å². The predicted octanol–water partition coefficient (Wildman–Crippen LogP) is 3.30. The zero-order chi connectivity index (χ0) is 18.2. The summed E-state index contributed by atoms with van der Waals surface area (Å²) < 4.78 is 0. The van der Waals surface area contributed by atoms with Crippen molar-refractivity contribution in [2.45, 2.75) is 70.5 Å². The van der Waals surface area contributed by atoms with Crippen LogP contribution in [-0.4, -0.2) is 33.5 Å². The Bertz CT molecular complexity index is 566. The van der Waals surface area contributed by atoms with Crippen molar-refractivity contribution in [2.24, 2.45) is 17.8 Å². The van der Waals surface area contributed by atoms with Gasteiger partial charge in [0.2, 0.25) is 0 Å². The van der Waals surface area contributed by atoms with Crippen molar-refractivity contribution in [3.8, 4) is 11.8 Å². The highest BCUT2D eigenvalue weighted by molar-refractivity contribution is 5.66. The molecule has 0 aromatic carbocycles. The fourth-order valence-corrected chi connectivity index (χ4v) is 4.20. The van der Waals surface area contributed by atoms with Crippen LogP contribution in [0.25, 0.3) is 0 Å². The van der Waals surface area contributed by atoms with Gasteiger partial charge in [-0.05, 0) is 57.3 Å². The summed E-state index contributed by atoms with van der Waals surface area (Å²) in [5.41, 5.74) is 1.41. The van der Waals surface area contributed by atoms with Crippen LogP contribution in [0.4, 0.5) is 0 Å². The van der Waals surface area contributed by atoms with Crippen molar-refractivity contribution in [3.63, 3.8) is 0 Å². The molecule has 0 heterocycles. The molecule has 4 unspecified atom stereocenters. The minimum atomic E-state index is -0.738. The molecule has 0 radical (unpaired) electrons. The van der Waals surface area contributed by atoms with Gasteiger partial charge in [0.25, 0.3) is 0 Å². The Kier molecular flexibility index (Phi) is 7.74. The van der Waals surface area contributed by atoms with Gasteiger partial charge in [0.1, 0.15) is 0 Å². The van der Waals surface area contributed by atoms with Gasteiger partial charge in [-0.15, -0.1) is 11.8 Å². The van der Waals surface area contributed by atoms with Crippen molar-refractivity contribution >= 4 is 5.97 Å². The number of aliphatic hydroxyl groups is 2. The molecule has 0 aromatic heterocycles. The van der Waals surface area contributed by atoms with E-state index >= 15 is 0 Å². The van der Waals surface area contributed by atoms with Gasteiger partial charge < -0.3 is 15.3 Å². The summed E-state index contributed by atoms with van der Waals surface area (Å²) in [6, 6.07) is 0. The molecular formula is C21H30O4. The average Bonchev–Trinajstić information content (AvgIpc) is 3.06. The monoisotopic (exact) mass is 346 g/mol. The summed E-state index contributed by atoms with van der Waals surface area (Å²) in [6.07, 6.45) is 11.1. The number of aliphatic hydroxyl groups excluding tert-OH is 2. The Morgan fingerprint density at radius 3 is 2.92 bits per heavy atom. The number of carbonyl (C=O) groups is 1. The number of rotatable bonds is 8. The molecule has 2 aliphatic carbocycles. The molecule has 0 aromatic rings. The first-order valence-corrected chi connectivity index (χ1v) is 9.35. The van der Waals surface area contributed by atoms with Crippen molar-refractivity contribution in [1.29, 1.82) is 0 Å². The summed E-state index contributed by atoms with van der Waals surface area (Å²) in [5.74, 6) is 6.11. The van der Waals surface area contributed by atoms with Gasteiger partial charge in [-0.1, -0.05) is 23.8 Å². The number of fused-ring (bicyclic) bond motifs is 1. The molecule has 0 bridgehead atoms. The zero-order valence-corrected chi connectivity index (χ0v) is 15.0. The highest BCUT2D eigenvalue weighted by Crippen LogP contribution is 2.50. The quantitative estimate of drug-likeness (QED) is 0.358. The summed E-state index contributed by atoms with van der Waals surface area (Å²) >= 11 is 0. The smallest absolute Gasteiger partial charge is 0.303 e. The molecule has 0 saturated heterocycles. The van der Waals surface area contributed by atoms with Crippen LogP contribution < -0.4 is 0 Å². The minimum absolute atomic E-state index is 0.113. The van der Waals surface area contributed by atoms with Crippen LogP contribution in [0.15, 0.2) is 23.8 Å². The lowest BCUT2D eigenvalue weighted by Crippen LogP contribution is -2.17. The van der Waals surface area contributed by atoms with Crippen molar-refractivity contribution in [3.05, 3.63) is 23.8 Å². The van der Waals surface area contributed by atoms with E-state index in [0.717, 1.165) is 25.7 Å². The molecule has 2 saturated carbocycles. The van der Waals surface area contributed by atoms with E-state index in [1.807, 2.05) is 12.2 Å². The lowest BCUT2D eigenvalue weighted by Gasteiger charge is -2.17. The molecule has 5 atom stereocenters. The number of carboxylic acids is 1. The Morgan fingerprint density at radius 2 is 2.20 bits per heavy atom. The van der Waals surface area contributed by atoms with E-state index in [2.05, 4.69) is 17.9 Å². The Hall–Kier alpha value is -1.57. The van der Waals surface area contributed by atoms with Crippen LogP contribution in [0.1, 0.15) is 58.3 Å². The fraction of sp³-hybridized carbons (Fsp3) is 0.667. The lowest BCUT2D eigenvalue weighted by atomic mass is 9.90. The predicted molar refractivity (Wildman–Crippen MR) is 97.7 cm³/mol. The molecule has 2 rings (SSSR count). The van der Waals surface area contributed by atoms with Gasteiger partial charge in [0.05, 0.1) is 12.2 Å². The number of aliphatic carboxylic acids is 1. The Labute approximate surface area is 150 Å². The van der Waals surface area contributed by atoms with E-state index in [1.165, 1.54) is 5.57 Å². The Balaban J connectivity index is 1.85. The number of unbranched alkanes of at least 4 members (excludes halogenated alkanes) is 1. The van der Waals surface area contributed by atoms with Gasteiger partial charge in [-0.25, -0.2) is 0 Å². The summed E-state index contributed by atoms with van der Waals surface area (Å²) in [5, 5.41) is 29.0. The molecule has 0 amide bonds. The largest absolute Gasteiger partial charge is 0.481 e. The highest BCUT2D eigenvalue weighted by atomic mass is 16.4. The molecular weight excluding hydrogens is 316 g/mol. The molecule has 4 heteroatoms. The molecule has 0 aliphatic heterocycles. The first-order valence-electron chi connectivity index (χ1n) is 9.35. The first-order chi connectivity index (χ1) is 12.0. The van der Waals surface area contributed by atoms with Crippen LogP contribution in [0.3, 0.4) is 0 Å². The SMILES string of the molecule is CC#CCCC(O)/C=C/[C@H]1C(O)CC2C/C(=C\CCCC(=O)O)CC21. The maximum Gasteiger partial charge on any atom is 0.303 e. The number of hydrogen-bond donors (Lipinski definition) is 3. The summed E-state index contributed by atoms with van der Waals surface area (Å²) in [6.45, 7) is 1.80. The molecule has 4 nitrogen and oxygen atoms in total. The standard InChI is InChI=1S/C21H30O4/c1-2-3-4-8-17(22)10-11-18-19-13-15(7-5-6-9-21(24)25)12-16(19)14-20(18)23/h7,10-11,16-20,22-23H,4-6,8-9,12-14H2,1H3,(H,24,25)/b11-10+,15-7+/t16?,17?,18-,19?,20?/m1/s1. The number of hydrogen-bond acceptors (Lipinski definition) is 3. The van der Waals surface area contributed by atoms with E-state index in [9.17, 15) is 15.0 Å². The summed E-state index contributed by atoms with van der Waals surface area (Å²) in [7, 11) is 0. The maximum absolute atomic E-state index is 10.6. The molecule has 2 fully saturated rings. The second-order valence-electron chi connectivity index (χ2n) is 7.28. The van der Waals surface area contributed by atoms with Gasteiger partial charge >= 0.3 is 5.97 Å². The Morgan fingerprint density at radius 1 is 1.40 bits per heavy atom. The molecule has 138 valence electrons. The zero-order valence-electron chi connectivity index (χ0n) is 15.0. The number of allylic oxidation sites excluding steroid dienone is 2. The van der Waals surface area contributed by atoms with Crippen LogP contribution in [0.5, 0.6) is 0 Å². The van der Waals surface area contributed by atoms with Gasteiger partial charge in [-0.3, -0.25) is 4.79 Å². The molecule has 0 spiro atoms.